The summed E-state index contributed by atoms with van der Waals surface area (Å²) in [7, 11) is 0. The minimum absolute atomic E-state index is 0.170. The van der Waals surface area contributed by atoms with Crippen LogP contribution < -0.4 is 9.64 Å². The minimum atomic E-state index is -0.889. The van der Waals surface area contributed by atoms with Crippen molar-refractivity contribution in [1.82, 2.24) is 0 Å². The zero-order chi connectivity index (χ0) is 18.2. The first-order valence-corrected chi connectivity index (χ1v) is 8.34. The van der Waals surface area contributed by atoms with Crippen LogP contribution >= 0.6 is 23.2 Å². The monoisotopic (exact) mass is 383 g/mol. The average Bonchev–Trinajstić information content (AvgIpc) is 2.99. The minimum Gasteiger partial charge on any atom is -0.489 e. The van der Waals surface area contributed by atoms with Gasteiger partial charge in [0.25, 0.3) is 0 Å². The number of amides is 1. The Bertz CT molecular complexity index is 733. The van der Waals surface area contributed by atoms with Crippen molar-refractivity contribution in [1.29, 1.82) is 0 Å². The highest BCUT2D eigenvalue weighted by Gasteiger charge is 2.21. The number of carbonyl (C=O) groups excluding carboxylic acids is 2. The average molecular weight is 384 g/mol. The third-order valence-corrected chi connectivity index (χ3v) is 3.52. The Kier molecular flexibility index (Phi) is 7.22. The van der Waals surface area contributed by atoms with E-state index in [-0.39, 0.29) is 11.7 Å². The lowest BCUT2D eigenvalue weighted by Crippen LogP contribution is -2.23. The molecule has 0 aliphatic carbocycles. The summed E-state index contributed by atoms with van der Waals surface area (Å²) in [5.41, 5.74) is 1.68. The molecule has 1 heterocycles. The van der Waals surface area contributed by atoms with E-state index in [1.807, 2.05) is 30.3 Å². The second-order valence-electron chi connectivity index (χ2n) is 5.29. The summed E-state index contributed by atoms with van der Waals surface area (Å²) in [4.78, 5) is 22.4. The molecule has 7 heteroatoms. The molecule has 0 bridgehead atoms. The predicted molar refractivity (Wildman–Crippen MR) is 95.9 cm³/mol. The second-order valence-corrected chi connectivity index (χ2v) is 6.17. The summed E-state index contributed by atoms with van der Waals surface area (Å²) in [6.45, 7) is 1.10. The summed E-state index contributed by atoms with van der Waals surface area (Å²) >= 11 is 8.80. The van der Waals surface area contributed by atoms with Crippen LogP contribution in [0.4, 0.5) is 14.9 Å². The Hall–Kier alpha value is -2.11. The van der Waals surface area contributed by atoms with Crippen molar-refractivity contribution in [3.05, 3.63) is 59.9 Å². The normalized spacial score (nSPS) is 13.2. The van der Waals surface area contributed by atoms with Crippen molar-refractivity contribution in [3.8, 4) is 5.75 Å². The number of hydrogen-bond donors (Lipinski definition) is 0. The molecule has 0 radical (unpaired) electrons. The SMILES string of the molecule is O=C(Cl)Cl.O=C1CCCN1c1ccc(OCc2cccc(F)c2)cc1. The number of anilines is 1. The fourth-order valence-electron chi connectivity index (χ4n) is 2.44. The van der Waals surface area contributed by atoms with Crippen molar-refractivity contribution < 1.29 is 18.7 Å². The van der Waals surface area contributed by atoms with Gasteiger partial charge in [0.1, 0.15) is 18.2 Å². The van der Waals surface area contributed by atoms with Crippen LogP contribution in [0.25, 0.3) is 0 Å². The maximum Gasteiger partial charge on any atom is 0.313 e. The van der Waals surface area contributed by atoms with Crippen molar-refractivity contribution >= 4 is 39.5 Å². The van der Waals surface area contributed by atoms with E-state index in [4.69, 9.17) is 9.53 Å². The maximum atomic E-state index is 13.1. The van der Waals surface area contributed by atoms with E-state index < -0.39 is 4.70 Å². The van der Waals surface area contributed by atoms with Crippen LogP contribution in [-0.4, -0.2) is 17.2 Å². The molecule has 0 N–H and O–H groups in total. The molecule has 2 aromatic carbocycles. The third kappa shape index (κ3) is 6.36. The zero-order valence-corrected chi connectivity index (χ0v) is 14.8. The van der Waals surface area contributed by atoms with Gasteiger partial charge in [-0.1, -0.05) is 12.1 Å². The molecule has 1 saturated heterocycles. The number of carbonyl (C=O) groups is 2. The van der Waals surface area contributed by atoms with Gasteiger partial charge in [-0.05, 0) is 71.6 Å². The molecule has 1 amide bonds. The van der Waals surface area contributed by atoms with Gasteiger partial charge in [0, 0.05) is 18.7 Å². The largest absolute Gasteiger partial charge is 0.489 e. The first-order valence-electron chi connectivity index (χ1n) is 7.58. The number of rotatable bonds is 4. The van der Waals surface area contributed by atoms with Crippen LogP contribution in [0.3, 0.4) is 0 Å². The quantitative estimate of drug-likeness (QED) is 0.688. The Balaban J connectivity index is 0.000000511. The van der Waals surface area contributed by atoms with Crippen LogP contribution in [0.5, 0.6) is 5.75 Å². The van der Waals surface area contributed by atoms with E-state index in [1.165, 1.54) is 12.1 Å². The lowest BCUT2D eigenvalue weighted by Gasteiger charge is -2.16. The lowest BCUT2D eigenvalue weighted by atomic mass is 10.2. The van der Waals surface area contributed by atoms with Gasteiger partial charge in [-0.2, -0.15) is 0 Å². The first-order chi connectivity index (χ1) is 12.0. The Morgan fingerprint density at radius 3 is 2.40 bits per heavy atom. The molecular weight excluding hydrogens is 368 g/mol. The standard InChI is InChI=1S/C17H16FNO2.CCl2O/c18-14-4-1-3-13(11-14)12-21-16-8-6-15(7-9-16)19-10-2-5-17(19)20;2-1(3)4/h1,3-4,6-9,11H,2,5,10,12H2;. The molecule has 4 nitrogen and oxygen atoms in total. The van der Waals surface area contributed by atoms with Crippen LogP contribution in [0.15, 0.2) is 48.5 Å². The molecule has 0 unspecified atom stereocenters. The number of halogens is 3. The van der Waals surface area contributed by atoms with Crippen molar-refractivity contribution in [2.45, 2.75) is 19.4 Å². The van der Waals surface area contributed by atoms with Crippen LogP contribution in [-0.2, 0) is 11.4 Å². The molecule has 1 fully saturated rings. The fourth-order valence-corrected chi connectivity index (χ4v) is 2.44. The number of nitrogens with zero attached hydrogens (tertiary/aromatic N) is 1. The van der Waals surface area contributed by atoms with Crippen LogP contribution in [0.2, 0.25) is 0 Å². The van der Waals surface area contributed by atoms with Gasteiger partial charge in [0.15, 0.2) is 0 Å². The van der Waals surface area contributed by atoms with Gasteiger partial charge in [-0.25, -0.2) is 4.39 Å². The third-order valence-electron chi connectivity index (χ3n) is 3.52. The molecule has 0 spiro atoms. The number of ether oxygens (including phenoxy) is 1. The topological polar surface area (TPSA) is 46.6 Å². The van der Waals surface area contributed by atoms with Gasteiger partial charge < -0.3 is 9.64 Å². The van der Waals surface area contributed by atoms with Gasteiger partial charge in [-0.15, -0.1) is 0 Å². The predicted octanol–water partition coefficient (Wildman–Crippen LogP) is 5.12. The first kappa shape index (κ1) is 19.2. The second kappa shape index (κ2) is 9.39. The number of hydrogen-bond acceptors (Lipinski definition) is 3. The van der Waals surface area contributed by atoms with E-state index in [9.17, 15) is 9.18 Å². The molecule has 0 atom stereocenters. The summed E-state index contributed by atoms with van der Waals surface area (Å²) in [6, 6.07) is 13.8. The summed E-state index contributed by atoms with van der Waals surface area (Å²) < 4.78 is 17.8. The summed E-state index contributed by atoms with van der Waals surface area (Å²) in [6.07, 6.45) is 1.54. The van der Waals surface area contributed by atoms with E-state index in [2.05, 4.69) is 23.2 Å². The Morgan fingerprint density at radius 2 is 1.84 bits per heavy atom. The summed E-state index contributed by atoms with van der Waals surface area (Å²) in [5.74, 6) is 0.608. The molecule has 3 rings (SSSR count). The van der Waals surface area contributed by atoms with E-state index in [1.54, 1.807) is 11.0 Å². The highest BCUT2D eigenvalue weighted by Crippen LogP contribution is 2.24. The summed E-state index contributed by atoms with van der Waals surface area (Å²) in [5, 5.41) is 0. The Labute approximate surface area is 155 Å². The van der Waals surface area contributed by atoms with Crippen molar-refractivity contribution in [2.24, 2.45) is 0 Å². The van der Waals surface area contributed by atoms with Gasteiger partial charge in [-0.3, -0.25) is 9.59 Å². The molecule has 2 aromatic rings. The molecule has 0 aromatic heterocycles. The lowest BCUT2D eigenvalue weighted by molar-refractivity contribution is -0.117. The molecule has 1 aliphatic rings. The fraction of sp³-hybridized carbons (Fsp3) is 0.222. The van der Waals surface area contributed by atoms with E-state index >= 15 is 0 Å². The highest BCUT2D eigenvalue weighted by atomic mass is 35.5. The molecule has 25 heavy (non-hydrogen) atoms. The van der Waals surface area contributed by atoms with Gasteiger partial charge >= 0.3 is 4.70 Å². The van der Waals surface area contributed by atoms with Gasteiger partial charge in [0.2, 0.25) is 5.91 Å². The molecular formula is C18H16Cl2FNO3. The van der Waals surface area contributed by atoms with E-state index in [0.29, 0.717) is 18.8 Å². The maximum absolute atomic E-state index is 13.1. The van der Waals surface area contributed by atoms with Gasteiger partial charge in [0.05, 0.1) is 0 Å². The van der Waals surface area contributed by atoms with Crippen molar-refractivity contribution in [2.75, 3.05) is 11.4 Å². The Morgan fingerprint density at radius 1 is 1.16 bits per heavy atom. The van der Waals surface area contributed by atoms with Crippen molar-refractivity contribution in [3.63, 3.8) is 0 Å². The molecule has 0 saturated carbocycles. The number of benzene rings is 2. The smallest absolute Gasteiger partial charge is 0.313 e. The highest BCUT2D eigenvalue weighted by molar-refractivity contribution is 6.93. The van der Waals surface area contributed by atoms with Crippen LogP contribution in [0, 0.1) is 5.82 Å². The van der Waals surface area contributed by atoms with E-state index in [0.717, 1.165) is 24.2 Å². The molecule has 132 valence electrons. The molecule has 1 aliphatic heterocycles. The van der Waals surface area contributed by atoms with Crippen LogP contribution in [0.1, 0.15) is 18.4 Å². The zero-order valence-electron chi connectivity index (χ0n) is 13.3.